The molecule has 0 spiro atoms. The van der Waals surface area contributed by atoms with Crippen LogP contribution in [0.1, 0.15) is 13.3 Å². The van der Waals surface area contributed by atoms with Gasteiger partial charge in [-0.3, -0.25) is 4.79 Å². The van der Waals surface area contributed by atoms with E-state index in [0.717, 1.165) is 0 Å². The van der Waals surface area contributed by atoms with Gasteiger partial charge in [0.15, 0.2) is 0 Å². The molecule has 0 bridgehead atoms. The van der Waals surface area contributed by atoms with Gasteiger partial charge in [0, 0.05) is 13.5 Å². The topological polar surface area (TPSA) is 72.5 Å². The van der Waals surface area contributed by atoms with Crippen molar-refractivity contribution in [3.8, 4) is 0 Å². The molecule has 1 aromatic carbocycles. The van der Waals surface area contributed by atoms with E-state index in [1.54, 1.807) is 18.2 Å². The lowest BCUT2D eigenvalue weighted by Crippen LogP contribution is -2.25. The van der Waals surface area contributed by atoms with E-state index in [-0.39, 0.29) is 24.0 Å². The summed E-state index contributed by atoms with van der Waals surface area (Å²) >= 11 is 0. The van der Waals surface area contributed by atoms with Crippen molar-refractivity contribution >= 4 is 16.0 Å². The predicted octanol–water partition coefficient (Wildman–Crippen LogP) is 0.918. The van der Waals surface area contributed by atoms with E-state index in [1.165, 1.54) is 19.1 Å². The summed E-state index contributed by atoms with van der Waals surface area (Å²) in [5.74, 6) is -0.365. The number of nitrogens with one attached hydrogen (secondary N) is 1. The third-order valence-electron chi connectivity index (χ3n) is 1.97. The fourth-order valence-corrected chi connectivity index (χ4v) is 2.27. The van der Waals surface area contributed by atoms with Gasteiger partial charge in [-0.25, -0.2) is 13.1 Å². The van der Waals surface area contributed by atoms with Crippen molar-refractivity contribution in [2.45, 2.75) is 18.2 Å². The van der Waals surface area contributed by atoms with Crippen molar-refractivity contribution in [3.05, 3.63) is 30.3 Å². The van der Waals surface area contributed by atoms with Crippen LogP contribution in [-0.2, 0) is 19.6 Å². The molecule has 0 aliphatic carbocycles. The predicted molar refractivity (Wildman–Crippen MR) is 62.9 cm³/mol. The fraction of sp³-hybridized carbons (Fsp3) is 0.364. The summed E-state index contributed by atoms with van der Waals surface area (Å²) in [4.78, 5) is 10.7. The maximum atomic E-state index is 11.7. The first-order valence-corrected chi connectivity index (χ1v) is 6.69. The lowest BCUT2D eigenvalue weighted by molar-refractivity contribution is -0.140. The van der Waals surface area contributed by atoms with Gasteiger partial charge >= 0.3 is 5.97 Å². The molecule has 0 aliphatic heterocycles. The molecule has 0 atom stereocenters. The van der Waals surface area contributed by atoms with E-state index in [4.69, 9.17) is 0 Å². The Hall–Kier alpha value is -1.40. The molecule has 0 saturated heterocycles. The van der Waals surface area contributed by atoms with Gasteiger partial charge < -0.3 is 4.74 Å². The molecule has 0 fully saturated rings. The first kappa shape index (κ1) is 13.7. The van der Waals surface area contributed by atoms with Gasteiger partial charge in [-0.05, 0) is 18.6 Å². The molecular weight excluding hydrogens is 242 g/mol. The third-order valence-corrected chi connectivity index (χ3v) is 3.45. The SMILES string of the molecule is CC(=O)OCCCNS(=O)(=O)c1ccccc1. The Labute approximate surface area is 101 Å². The largest absolute Gasteiger partial charge is 0.466 e. The molecule has 94 valence electrons. The maximum absolute atomic E-state index is 11.7. The summed E-state index contributed by atoms with van der Waals surface area (Å²) < 4.78 is 30.5. The number of ether oxygens (including phenoxy) is 1. The van der Waals surface area contributed by atoms with Crippen LogP contribution in [0, 0.1) is 0 Å². The standard InChI is InChI=1S/C11H15NO4S/c1-10(13)16-9-5-8-12-17(14,15)11-6-3-2-4-7-11/h2-4,6-7,12H,5,8-9H2,1H3. The van der Waals surface area contributed by atoms with Gasteiger partial charge in [0.1, 0.15) is 0 Å². The first-order valence-electron chi connectivity index (χ1n) is 5.20. The number of esters is 1. The van der Waals surface area contributed by atoms with Crippen LogP contribution in [0.5, 0.6) is 0 Å². The highest BCUT2D eigenvalue weighted by molar-refractivity contribution is 7.89. The van der Waals surface area contributed by atoms with E-state index < -0.39 is 10.0 Å². The molecule has 0 heterocycles. The number of hydrogen-bond donors (Lipinski definition) is 1. The summed E-state index contributed by atoms with van der Waals surface area (Å²) in [5.41, 5.74) is 0. The lowest BCUT2D eigenvalue weighted by atomic mass is 10.4. The molecular formula is C11H15NO4S. The summed E-state index contributed by atoms with van der Waals surface area (Å²) in [6.07, 6.45) is 0.450. The van der Waals surface area contributed by atoms with Crippen molar-refractivity contribution in [2.75, 3.05) is 13.2 Å². The maximum Gasteiger partial charge on any atom is 0.302 e. The molecule has 1 N–H and O–H groups in total. The van der Waals surface area contributed by atoms with Crippen molar-refractivity contribution in [2.24, 2.45) is 0 Å². The summed E-state index contributed by atoms with van der Waals surface area (Å²) in [6, 6.07) is 8.11. The van der Waals surface area contributed by atoms with Crippen molar-refractivity contribution in [1.29, 1.82) is 0 Å². The number of hydrogen-bond acceptors (Lipinski definition) is 4. The highest BCUT2D eigenvalue weighted by atomic mass is 32.2. The van der Waals surface area contributed by atoms with E-state index >= 15 is 0 Å². The van der Waals surface area contributed by atoms with Crippen LogP contribution < -0.4 is 4.72 Å². The summed E-state index contributed by atoms with van der Waals surface area (Å²) in [6.45, 7) is 1.77. The highest BCUT2D eigenvalue weighted by Crippen LogP contribution is 2.06. The van der Waals surface area contributed by atoms with Crippen LogP contribution in [0.25, 0.3) is 0 Å². The number of sulfonamides is 1. The fourth-order valence-electron chi connectivity index (χ4n) is 1.18. The second-order valence-corrected chi connectivity index (χ2v) is 5.17. The average molecular weight is 257 g/mol. The van der Waals surface area contributed by atoms with Gasteiger partial charge in [-0.1, -0.05) is 18.2 Å². The van der Waals surface area contributed by atoms with Crippen molar-refractivity contribution in [1.82, 2.24) is 4.72 Å². The molecule has 0 radical (unpaired) electrons. The minimum Gasteiger partial charge on any atom is -0.466 e. The molecule has 17 heavy (non-hydrogen) atoms. The summed E-state index contributed by atoms with van der Waals surface area (Å²) in [7, 11) is -3.45. The molecule has 0 unspecified atom stereocenters. The molecule has 0 aliphatic rings. The van der Waals surface area contributed by atoms with Gasteiger partial charge in [0.2, 0.25) is 10.0 Å². The van der Waals surface area contributed by atoms with Gasteiger partial charge in [0.05, 0.1) is 11.5 Å². The molecule has 6 heteroatoms. The Morgan fingerprint density at radius 3 is 2.53 bits per heavy atom. The Morgan fingerprint density at radius 1 is 1.29 bits per heavy atom. The quantitative estimate of drug-likeness (QED) is 0.607. The van der Waals surface area contributed by atoms with E-state index in [9.17, 15) is 13.2 Å². The summed E-state index contributed by atoms with van der Waals surface area (Å²) in [5, 5.41) is 0. The molecule has 0 amide bonds. The smallest absolute Gasteiger partial charge is 0.302 e. The minimum atomic E-state index is -3.45. The Bertz CT molecular complexity index is 456. The average Bonchev–Trinajstić information content (AvgIpc) is 2.29. The molecule has 0 aromatic heterocycles. The number of benzene rings is 1. The second kappa shape index (κ2) is 6.36. The number of carbonyl (C=O) groups is 1. The van der Waals surface area contributed by atoms with E-state index in [1.807, 2.05) is 0 Å². The number of rotatable bonds is 6. The number of carbonyl (C=O) groups excluding carboxylic acids is 1. The normalized spacial score (nSPS) is 11.1. The first-order chi connectivity index (χ1) is 8.02. The second-order valence-electron chi connectivity index (χ2n) is 3.40. The van der Waals surface area contributed by atoms with Gasteiger partial charge in [-0.2, -0.15) is 0 Å². The zero-order chi connectivity index (χ0) is 12.7. The lowest BCUT2D eigenvalue weighted by Gasteiger charge is -2.06. The Morgan fingerprint density at radius 2 is 1.94 bits per heavy atom. The monoisotopic (exact) mass is 257 g/mol. The van der Waals surface area contributed by atoms with Crippen LogP contribution in [0.15, 0.2) is 35.2 Å². The van der Waals surface area contributed by atoms with Crippen molar-refractivity contribution in [3.63, 3.8) is 0 Å². The van der Waals surface area contributed by atoms with Crippen LogP contribution in [0.2, 0.25) is 0 Å². The van der Waals surface area contributed by atoms with Crippen LogP contribution in [-0.4, -0.2) is 27.5 Å². The van der Waals surface area contributed by atoms with Crippen LogP contribution >= 0.6 is 0 Å². The highest BCUT2D eigenvalue weighted by Gasteiger charge is 2.11. The van der Waals surface area contributed by atoms with Gasteiger partial charge in [-0.15, -0.1) is 0 Å². The van der Waals surface area contributed by atoms with Crippen LogP contribution in [0.3, 0.4) is 0 Å². The van der Waals surface area contributed by atoms with E-state index in [0.29, 0.717) is 6.42 Å². The Balaban J connectivity index is 2.39. The van der Waals surface area contributed by atoms with E-state index in [2.05, 4.69) is 9.46 Å². The molecule has 0 saturated carbocycles. The van der Waals surface area contributed by atoms with Crippen molar-refractivity contribution < 1.29 is 17.9 Å². The van der Waals surface area contributed by atoms with Crippen LogP contribution in [0.4, 0.5) is 0 Å². The van der Waals surface area contributed by atoms with Gasteiger partial charge in [0.25, 0.3) is 0 Å². The molecule has 5 nitrogen and oxygen atoms in total. The third kappa shape index (κ3) is 4.97. The zero-order valence-electron chi connectivity index (χ0n) is 9.55. The molecule has 1 rings (SSSR count). The minimum absolute atomic E-state index is 0.215. The molecule has 1 aromatic rings. The zero-order valence-corrected chi connectivity index (χ0v) is 10.4. The Kier molecular flexibility index (Phi) is 5.11.